The predicted molar refractivity (Wildman–Crippen MR) is 137 cm³/mol. The number of hydrogen-bond donors (Lipinski definition) is 3. The normalized spacial score (nSPS) is 14.9. The van der Waals surface area contributed by atoms with Crippen molar-refractivity contribution in [1.82, 2.24) is 24.8 Å². The Morgan fingerprint density at radius 1 is 1.17 bits per heavy atom. The minimum absolute atomic E-state index is 0.183. The first-order valence-corrected chi connectivity index (χ1v) is 11.7. The Balaban J connectivity index is 1.33. The number of carboxylic acids is 1. The number of benzene rings is 2. The number of nitrogens with zero attached hydrogens (tertiary/aromatic N) is 3. The average Bonchev–Trinajstić information content (AvgIpc) is 3.43. The van der Waals surface area contributed by atoms with E-state index in [0.29, 0.717) is 44.7 Å². The van der Waals surface area contributed by atoms with E-state index in [2.05, 4.69) is 19.9 Å². The lowest BCUT2D eigenvalue weighted by molar-refractivity contribution is -0.122. The van der Waals surface area contributed by atoms with Crippen molar-refractivity contribution in [2.75, 3.05) is 6.54 Å². The van der Waals surface area contributed by atoms with Crippen LogP contribution in [0.15, 0.2) is 64.6 Å². The summed E-state index contributed by atoms with van der Waals surface area (Å²) in [7, 11) is 0. The molecule has 2 aromatic heterocycles. The van der Waals surface area contributed by atoms with Crippen LogP contribution in [0.25, 0.3) is 28.6 Å². The lowest BCUT2D eigenvalue weighted by Crippen LogP contribution is -2.30. The van der Waals surface area contributed by atoms with Crippen LogP contribution in [0.4, 0.5) is 0 Å². The van der Waals surface area contributed by atoms with Crippen molar-refractivity contribution < 1.29 is 14.7 Å². The smallest absolute Gasteiger partial charge is 0.335 e. The van der Waals surface area contributed by atoms with Gasteiger partial charge in [0.1, 0.15) is 10.1 Å². The minimum Gasteiger partial charge on any atom is -0.478 e. The van der Waals surface area contributed by atoms with E-state index in [1.807, 2.05) is 24.3 Å². The zero-order chi connectivity index (χ0) is 24.5. The van der Waals surface area contributed by atoms with E-state index in [4.69, 9.17) is 17.3 Å². The van der Waals surface area contributed by atoms with Crippen LogP contribution in [0.2, 0.25) is 0 Å². The van der Waals surface area contributed by atoms with Gasteiger partial charge in [-0.25, -0.2) is 14.8 Å². The summed E-state index contributed by atoms with van der Waals surface area (Å²) in [6.45, 7) is 0.392. The lowest BCUT2D eigenvalue weighted by Gasteiger charge is -2.14. The van der Waals surface area contributed by atoms with Crippen LogP contribution in [0.3, 0.4) is 0 Å². The number of carbonyl (C=O) groups is 2. The molecule has 4 aromatic rings. The van der Waals surface area contributed by atoms with Crippen LogP contribution in [-0.2, 0) is 11.2 Å². The van der Waals surface area contributed by atoms with E-state index in [1.165, 1.54) is 18.1 Å². The fourth-order valence-corrected chi connectivity index (χ4v) is 4.96. The van der Waals surface area contributed by atoms with Crippen LogP contribution in [0.5, 0.6) is 0 Å². The number of thiocarbonyl (C=S) groups is 1. The van der Waals surface area contributed by atoms with E-state index < -0.39 is 5.97 Å². The molecule has 3 N–H and O–H groups in total. The third-order valence-corrected chi connectivity index (χ3v) is 6.83. The molecule has 1 fully saturated rings. The largest absolute Gasteiger partial charge is 0.478 e. The highest BCUT2D eigenvalue weighted by Gasteiger charge is 2.31. The Labute approximate surface area is 207 Å². The number of imidazole rings is 1. The molecule has 3 heterocycles. The third kappa shape index (κ3) is 4.63. The van der Waals surface area contributed by atoms with Crippen LogP contribution in [0, 0.1) is 0 Å². The summed E-state index contributed by atoms with van der Waals surface area (Å²) in [6.07, 6.45) is 3.72. The Kier molecular flexibility index (Phi) is 6.01. The van der Waals surface area contributed by atoms with Crippen molar-refractivity contribution in [3.8, 4) is 11.4 Å². The Hall–Kier alpha value is -4.09. The number of nitrogens with one attached hydrogen (secondary N) is 2. The van der Waals surface area contributed by atoms with Crippen LogP contribution >= 0.6 is 24.0 Å². The Morgan fingerprint density at radius 2 is 1.97 bits per heavy atom. The molecule has 0 bridgehead atoms. The molecule has 1 amide bonds. The maximum Gasteiger partial charge on any atom is 0.335 e. The number of hydrogen-bond acceptors (Lipinski definition) is 7. The van der Waals surface area contributed by atoms with Crippen molar-refractivity contribution in [2.24, 2.45) is 0 Å². The van der Waals surface area contributed by atoms with Gasteiger partial charge in [0.15, 0.2) is 11.2 Å². The van der Waals surface area contributed by atoms with Gasteiger partial charge in [0, 0.05) is 12.1 Å². The van der Waals surface area contributed by atoms with Gasteiger partial charge in [-0.1, -0.05) is 54.3 Å². The molecule has 35 heavy (non-hydrogen) atoms. The summed E-state index contributed by atoms with van der Waals surface area (Å²) in [6, 6.07) is 13.9. The number of aromatic amines is 2. The maximum atomic E-state index is 13.0. The van der Waals surface area contributed by atoms with E-state index in [9.17, 15) is 14.4 Å². The zero-order valence-corrected chi connectivity index (χ0v) is 19.7. The molecule has 11 heteroatoms. The topological polar surface area (TPSA) is 132 Å². The predicted octanol–water partition coefficient (Wildman–Crippen LogP) is 3.46. The monoisotopic (exact) mass is 503 g/mol. The van der Waals surface area contributed by atoms with Crippen molar-refractivity contribution in [3.63, 3.8) is 0 Å². The first kappa shape index (κ1) is 22.7. The summed E-state index contributed by atoms with van der Waals surface area (Å²) in [5.41, 5.74) is 2.90. The molecule has 1 aliphatic heterocycles. The molecule has 174 valence electrons. The lowest BCUT2D eigenvalue weighted by atomic mass is 10.1. The van der Waals surface area contributed by atoms with Crippen LogP contribution in [-0.4, -0.2) is 52.7 Å². The van der Waals surface area contributed by atoms with Gasteiger partial charge in [-0.2, -0.15) is 0 Å². The van der Waals surface area contributed by atoms with Gasteiger partial charge < -0.3 is 15.1 Å². The highest BCUT2D eigenvalue weighted by molar-refractivity contribution is 8.26. The van der Waals surface area contributed by atoms with Gasteiger partial charge in [-0.05, 0) is 41.8 Å². The summed E-state index contributed by atoms with van der Waals surface area (Å²) < 4.78 is 0.467. The molecular formula is C24H17N5O4S2. The van der Waals surface area contributed by atoms with Crippen molar-refractivity contribution in [3.05, 3.63) is 86.8 Å². The number of thioether (sulfide) groups is 1. The maximum absolute atomic E-state index is 13.0. The number of carboxylic acid groups (broad SMARTS) is 1. The van der Waals surface area contributed by atoms with Crippen molar-refractivity contribution in [1.29, 1.82) is 0 Å². The zero-order valence-electron chi connectivity index (χ0n) is 18.0. The van der Waals surface area contributed by atoms with Gasteiger partial charge in [-0.15, -0.1) is 0 Å². The second-order valence-corrected chi connectivity index (χ2v) is 9.40. The standard InChI is InChI=1S/C24H17N5O4S2/c30-21-18-20(26-12-25-18)27-19(28-21)16-3-1-2-14(10-16)11-17-22(31)29(24(34)35-17)9-8-13-4-6-15(7-5-13)23(32)33/h1-7,10-12H,8-9H2,(H,32,33)(H2,25,26,27,28,30)/b17-11-. The molecule has 0 atom stereocenters. The summed E-state index contributed by atoms with van der Waals surface area (Å²) in [5.74, 6) is -0.783. The second kappa shape index (κ2) is 9.28. The molecule has 0 radical (unpaired) electrons. The quantitative estimate of drug-likeness (QED) is 0.269. The number of amides is 1. The SMILES string of the molecule is O=C(O)c1ccc(CCN2C(=O)/C(=C/c3cccc(-c4nc5nc[nH]c5c(=O)[nH]4)c3)SC2=S)cc1. The molecule has 5 rings (SSSR count). The molecule has 1 saturated heterocycles. The van der Waals surface area contributed by atoms with Crippen LogP contribution in [0.1, 0.15) is 21.5 Å². The fourth-order valence-electron chi connectivity index (χ4n) is 3.65. The van der Waals surface area contributed by atoms with Gasteiger partial charge in [0.2, 0.25) is 0 Å². The first-order chi connectivity index (χ1) is 16.9. The van der Waals surface area contributed by atoms with Gasteiger partial charge in [0.05, 0.1) is 16.8 Å². The molecule has 0 saturated carbocycles. The summed E-state index contributed by atoms with van der Waals surface area (Å²) in [5, 5.41) is 9.02. The number of aromatic carboxylic acids is 1. The molecule has 1 aliphatic rings. The highest BCUT2D eigenvalue weighted by Crippen LogP contribution is 2.33. The second-order valence-electron chi connectivity index (χ2n) is 7.73. The van der Waals surface area contributed by atoms with Crippen LogP contribution < -0.4 is 5.56 Å². The number of carbonyl (C=O) groups excluding carboxylic acids is 1. The molecule has 9 nitrogen and oxygen atoms in total. The van der Waals surface area contributed by atoms with Crippen molar-refractivity contribution in [2.45, 2.75) is 6.42 Å². The molecule has 0 unspecified atom stereocenters. The van der Waals surface area contributed by atoms with Gasteiger partial charge in [-0.3, -0.25) is 14.5 Å². The van der Waals surface area contributed by atoms with E-state index >= 15 is 0 Å². The van der Waals surface area contributed by atoms with Crippen molar-refractivity contribution >= 4 is 57.4 Å². The number of aromatic nitrogens is 4. The summed E-state index contributed by atoms with van der Waals surface area (Å²) >= 11 is 6.65. The molecular weight excluding hydrogens is 486 g/mol. The van der Waals surface area contributed by atoms with Gasteiger partial charge in [0.25, 0.3) is 11.5 Å². The molecule has 0 spiro atoms. The Morgan fingerprint density at radius 3 is 2.74 bits per heavy atom. The third-order valence-electron chi connectivity index (χ3n) is 5.45. The molecule has 2 aromatic carbocycles. The first-order valence-electron chi connectivity index (χ1n) is 10.5. The van der Waals surface area contributed by atoms with E-state index in [0.717, 1.165) is 11.1 Å². The highest BCUT2D eigenvalue weighted by atomic mass is 32.2. The average molecular weight is 504 g/mol. The van der Waals surface area contributed by atoms with E-state index in [-0.39, 0.29) is 17.0 Å². The number of fused-ring (bicyclic) bond motifs is 1. The van der Waals surface area contributed by atoms with Gasteiger partial charge >= 0.3 is 5.97 Å². The number of rotatable bonds is 6. The number of H-pyrrole nitrogens is 2. The summed E-state index contributed by atoms with van der Waals surface area (Å²) in [4.78, 5) is 52.3. The fraction of sp³-hybridized carbons (Fsp3) is 0.0833. The molecule has 0 aliphatic carbocycles. The minimum atomic E-state index is -0.980. The Bertz CT molecular complexity index is 1570. The van der Waals surface area contributed by atoms with E-state index in [1.54, 1.807) is 35.2 Å².